The molecule has 7 heteroatoms. The molecule has 2 aromatic rings. The predicted octanol–water partition coefficient (Wildman–Crippen LogP) is 4.61. The molecular formula is C24H28N2O5. The van der Waals surface area contributed by atoms with E-state index in [0.29, 0.717) is 12.8 Å². The zero-order chi connectivity index (χ0) is 22.3. The first-order chi connectivity index (χ1) is 14.8. The fourth-order valence-corrected chi connectivity index (χ4v) is 3.50. The third kappa shape index (κ3) is 6.57. The van der Waals surface area contributed by atoms with Gasteiger partial charge in [0.2, 0.25) is 0 Å². The summed E-state index contributed by atoms with van der Waals surface area (Å²) in [5.41, 5.74) is 3.91. The molecule has 1 aliphatic carbocycles. The van der Waals surface area contributed by atoms with E-state index in [1.165, 1.54) is 0 Å². The van der Waals surface area contributed by atoms with Crippen LogP contribution in [0.3, 0.4) is 0 Å². The van der Waals surface area contributed by atoms with Gasteiger partial charge in [-0.05, 0) is 29.4 Å². The minimum Gasteiger partial charge on any atom is -0.443 e. The Balaban J connectivity index is 1.69. The molecule has 0 saturated heterocycles. The van der Waals surface area contributed by atoms with E-state index in [-0.39, 0.29) is 24.4 Å². The van der Waals surface area contributed by atoms with Crippen LogP contribution in [-0.4, -0.2) is 29.0 Å². The Bertz CT molecular complexity index is 899. The Labute approximate surface area is 182 Å². The van der Waals surface area contributed by atoms with Crippen LogP contribution in [0.25, 0.3) is 0 Å². The summed E-state index contributed by atoms with van der Waals surface area (Å²) in [6, 6.07) is 17.6. The fraction of sp³-hybridized carbons (Fsp3) is 0.375. The molecule has 1 saturated carbocycles. The lowest BCUT2D eigenvalue weighted by Gasteiger charge is -2.39. The molecule has 1 atom stereocenters. The zero-order valence-electron chi connectivity index (χ0n) is 17.9. The van der Waals surface area contributed by atoms with E-state index in [4.69, 9.17) is 9.47 Å². The smallest absolute Gasteiger partial charge is 0.429 e. The molecule has 7 nitrogen and oxygen atoms in total. The number of ketones is 1. The molecule has 0 heterocycles. The standard InChI is InChI=1S/C24H28N2O5/c1-24(2)14-13-21(27)20(15-24)26(23(29)31-17-19-11-7-4-8-12-19)25-22(28)30-16-18-9-5-3-6-10-18/h3-12,20H,13-17H2,1-2H3,(H,25,28)/t20-/m1/s1. The van der Waals surface area contributed by atoms with Gasteiger partial charge in [-0.3, -0.25) is 4.79 Å². The second-order valence-corrected chi connectivity index (χ2v) is 8.43. The molecule has 31 heavy (non-hydrogen) atoms. The summed E-state index contributed by atoms with van der Waals surface area (Å²) in [6.45, 7) is 4.15. The summed E-state index contributed by atoms with van der Waals surface area (Å²) >= 11 is 0. The molecule has 0 aliphatic heterocycles. The number of hydrogen-bond acceptors (Lipinski definition) is 5. The van der Waals surface area contributed by atoms with E-state index < -0.39 is 18.2 Å². The molecule has 2 amide bonds. The van der Waals surface area contributed by atoms with Crippen LogP contribution in [0.1, 0.15) is 44.2 Å². The normalized spacial score (nSPS) is 17.5. The topological polar surface area (TPSA) is 84.9 Å². The third-order valence-electron chi connectivity index (χ3n) is 5.30. The van der Waals surface area contributed by atoms with Crippen molar-refractivity contribution in [1.29, 1.82) is 0 Å². The van der Waals surface area contributed by atoms with Gasteiger partial charge in [0.25, 0.3) is 0 Å². The molecule has 1 fully saturated rings. The summed E-state index contributed by atoms with van der Waals surface area (Å²) in [5.74, 6) is -0.112. The lowest BCUT2D eigenvalue weighted by atomic mass is 9.74. The third-order valence-corrected chi connectivity index (χ3v) is 5.30. The average molecular weight is 424 g/mol. The monoisotopic (exact) mass is 424 g/mol. The number of nitrogens with zero attached hydrogens (tertiary/aromatic N) is 1. The fourth-order valence-electron chi connectivity index (χ4n) is 3.50. The second kappa shape index (κ2) is 10.1. The molecule has 3 rings (SSSR count). The zero-order valence-corrected chi connectivity index (χ0v) is 17.9. The van der Waals surface area contributed by atoms with Crippen molar-refractivity contribution in [2.75, 3.05) is 0 Å². The largest absolute Gasteiger partial charge is 0.443 e. The van der Waals surface area contributed by atoms with Crippen molar-refractivity contribution >= 4 is 18.0 Å². The van der Waals surface area contributed by atoms with Crippen molar-refractivity contribution in [1.82, 2.24) is 10.4 Å². The maximum Gasteiger partial charge on any atom is 0.429 e. The lowest BCUT2D eigenvalue weighted by molar-refractivity contribution is -0.129. The van der Waals surface area contributed by atoms with E-state index in [1.807, 2.05) is 74.5 Å². The molecule has 0 aromatic heterocycles. The van der Waals surface area contributed by atoms with Crippen LogP contribution >= 0.6 is 0 Å². The highest BCUT2D eigenvalue weighted by molar-refractivity contribution is 5.89. The molecule has 2 aromatic carbocycles. The Morgan fingerprint density at radius 1 is 0.968 bits per heavy atom. The summed E-state index contributed by atoms with van der Waals surface area (Å²) < 4.78 is 10.6. The van der Waals surface area contributed by atoms with Gasteiger partial charge in [-0.1, -0.05) is 74.5 Å². The number of benzene rings is 2. The number of ether oxygens (including phenoxy) is 2. The first kappa shape index (κ1) is 22.3. The molecular weight excluding hydrogens is 396 g/mol. The van der Waals surface area contributed by atoms with Crippen LogP contribution in [-0.2, 0) is 27.5 Å². The number of carbonyl (C=O) groups excluding carboxylic acids is 3. The van der Waals surface area contributed by atoms with E-state index >= 15 is 0 Å². The van der Waals surface area contributed by atoms with Gasteiger partial charge < -0.3 is 9.47 Å². The van der Waals surface area contributed by atoms with Gasteiger partial charge in [0.05, 0.1) is 0 Å². The molecule has 1 N–H and O–H groups in total. The summed E-state index contributed by atoms with van der Waals surface area (Å²) in [6.07, 6.45) is -0.131. The number of hydrazine groups is 1. The van der Waals surface area contributed by atoms with Crippen LogP contribution in [0.5, 0.6) is 0 Å². The Morgan fingerprint density at radius 2 is 1.52 bits per heavy atom. The Morgan fingerprint density at radius 3 is 2.10 bits per heavy atom. The van der Waals surface area contributed by atoms with Crippen LogP contribution in [0.4, 0.5) is 9.59 Å². The Hall–Kier alpha value is -3.35. The van der Waals surface area contributed by atoms with Gasteiger partial charge in [-0.25, -0.2) is 20.0 Å². The van der Waals surface area contributed by atoms with E-state index in [1.54, 1.807) is 0 Å². The van der Waals surface area contributed by atoms with Gasteiger partial charge in [0, 0.05) is 6.42 Å². The minimum absolute atomic E-state index is 0.0290. The van der Waals surface area contributed by atoms with Crippen molar-refractivity contribution in [2.24, 2.45) is 5.41 Å². The quantitative estimate of drug-likeness (QED) is 0.708. The highest BCUT2D eigenvalue weighted by atomic mass is 16.6. The van der Waals surface area contributed by atoms with Gasteiger partial charge in [-0.2, -0.15) is 0 Å². The number of hydrogen-bond donors (Lipinski definition) is 1. The van der Waals surface area contributed by atoms with Gasteiger partial charge >= 0.3 is 12.2 Å². The van der Waals surface area contributed by atoms with Gasteiger partial charge in [0.15, 0.2) is 5.78 Å². The Kier molecular flexibility index (Phi) is 7.28. The van der Waals surface area contributed by atoms with E-state index in [9.17, 15) is 14.4 Å². The summed E-state index contributed by atoms with van der Waals surface area (Å²) in [5, 5.41) is 0.986. The number of nitrogens with one attached hydrogen (secondary N) is 1. The predicted molar refractivity (Wildman–Crippen MR) is 115 cm³/mol. The maximum atomic E-state index is 12.9. The first-order valence-electron chi connectivity index (χ1n) is 10.3. The van der Waals surface area contributed by atoms with Crippen molar-refractivity contribution in [3.05, 3.63) is 71.8 Å². The maximum absolute atomic E-state index is 12.9. The van der Waals surface area contributed by atoms with E-state index in [0.717, 1.165) is 22.6 Å². The van der Waals surface area contributed by atoms with Crippen LogP contribution in [0, 0.1) is 5.41 Å². The van der Waals surface area contributed by atoms with E-state index in [2.05, 4.69) is 5.43 Å². The molecule has 0 unspecified atom stereocenters. The average Bonchev–Trinajstić information content (AvgIpc) is 2.77. The second-order valence-electron chi connectivity index (χ2n) is 8.43. The highest BCUT2D eigenvalue weighted by Gasteiger charge is 2.40. The molecule has 0 radical (unpaired) electrons. The summed E-state index contributed by atoms with van der Waals surface area (Å²) in [4.78, 5) is 37.9. The first-order valence-corrected chi connectivity index (χ1v) is 10.3. The number of carbonyl (C=O) groups is 3. The lowest BCUT2D eigenvalue weighted by Crippen LogP contribution is -2.57. The number of Topliss-reactive ketones (excluding diaryl/α,β-unsaturated/α-hetero) is 1. The van der Waals surface area contributed by atoms with Crippen LogP contribution in [0.15, 0.2) is 60.7 Å². The van der Waals surface area contributed by atoms with Gasteiger partial charge in [-0.15, -0.1) is 0 Å². The van der Waals surface area contributed by atoms with Crippen molar-refractivity contribution < 1.29 is 23.9 Å². The molecule has 1 aliphatic rings. The minimum atomic E-state index is -0.823. The van der Waals surface area contributed by atoms with Crippen molar-refractivity contribution in [2.45, 2.75) is 52.4 Å². The van der Waals surface area contributed by atoms with Crippen LogP contribution < -0.4 is 5.43 Å². The molecule has 164 valence electrons. The number of rotatable bonds is 5. The summed E-state index contributed by atoms with van der Waals surface area (Å²) in [7, 11) is 0. The SMILES string of the molecule is CC1(C)CCC(=O)[C@H](N(NC(=O)OCc2ccccc2)C(=O)OCc2ccccc2)C1. The molecule has 0 spiro atoms. The van der Waals surface area contributed by atoms with Gasteiger partial charge in [0.1, 0.15) is 19.3 Å². The highest BCUT2D eigenvalue weighted by Crippen LogP contribution is 2.35. The van der Waals surface area contributed by atoms with Crippen molar-refractivity contribution in [3.8, 4) is 0 Å². The number of amides is 2. The van der Waals surface area contributed by atoms with Crippen molar-refractivity contribution in [3.63, 3.8) is 0 Å². The van der Waals surface area contributed by atoms with Crippen LogP contribution in [0.2, 0.25) is 0 Å². The molecule has 0 bridgehead atoms.